The fourth-order valence-electron chi connectivity index (χ4n) is 1.58. The minimum absolute atomic E-state index is 0.336. The van der Waals surface area contributed by atoms with Crippen LogP contribution in [0.25, 0.3) is 0 Å². The van der Waals surface area contributed by atoms with Gasteiger partial charge in [0.2, 0.25) is 0 Å². The lowest BCUT2D eigenvalue weighted by Crippen LogP contribution is -2.28. The number of hydrogen-bond acceptors (Lipinski definition) is 6. The van der Waals surface area contributed by atoms with E-state index in [1.54, 1.807) is 26.0 Å². The second-order valence-electron chi connectivity index (χ2n) is 3.91. The Morgan fingerprint density at radius 3 is 2.42 bits per heavy atom. The molecule has 0 fully saturated rings. The Bertz CT molecular complexity index is 449. The summed E-state index contributed by atoms with van der Waals surface area (Å²) in [5.41, 5.74) is 6.95. The van der Waals surface area contributed by atoms with Crippen LogP contribution in [0.15, 0.2) is 12.1 Å². The van der Waals surface area contributed by atoms with Crippen molar-refractivity contribution in [2.24, 2.45) is 0 Å². The molecule has 1 atom stereocenters. The maximum absolute atomic E-state index is 11.6. The minimum Gasteiger partial charge on any atom is -0.493 e. The first-order chi connectivity index (χ1) is 9.03. The zero-order chi connectivity index (χ0) is 14.4. The number of rotatable bonds is 6. The van der Waals surface area contributed by atoms with Gasteiger partial charge in [0.05, 0.1) is 32.2 Å². The molecule has 0 radical (unpaired) electrons. The van der Waals surface area contributed by atoms with E-state index in [4.69, 9.17) is 19.9 Å². The molecule has 19 heavy (non-hydrogen) atoms. The fourth-order valence-corrected chi connectivity index (χ4v) is 1.58. The summed E-state index contributed by atoms with van der Waals surface area (Å²) in [7, 11) is 3.07. The predicted molar refractivity (Wildman–Crippen MR) is 73.7 cm³/mol. The van der Waals surface area contributed by atoms with E-state index in [0.717, 1.165) is 0 Å². The fraction of sp³-hybridized carbons (Fsp3) is 0.462. The number of carbonyl (C=O) groups excluding carboxylic acids is 1. The molecule has 0 heterocycles. The first kappa shape index (κ1) is 14.9. The lowest BCUT2D eigenvalue weighted by molar-refractivity contribution is -0.143. The largest absolute Gasteiger partial charge is 0.493 e. The van der Waals surface area contributed by atoms with E-state index < -0.39 is 6.04 Å². The molecular formula is C13H20N2O4. The smallest absolute Gasteiger partial charge is 0.328 e. The third-order valence-corrected chi connectivity index (χ3v) is 2.57. The molecule has 0 spiro atoms. The van der Waals surface area contributed by atoms with Gasteiger partial charge in [0.25, 0.3) is 0 Å². The van der Waals surface area contributed by atoms with Crippen molar-refractivity contribution in [3.63, 3.8) is 0 Å². The predicted octanol–water partition coefficient (Wildman–Crippen LogP) is 1.65. The zero-order valence-corrected chi connectivity index (χ0v) is 11.6. The third-order valence-electron chi connectivity index (χ3n) is 2.57. The zero-order valence-electron chi connectivity index (χ0n) is 11.6. The Morgan fingerprint density at radius 2 is 1.89 bits per heavy atom. The topological polar surface area (TPSA) is 82.8 Å². The highest BCUT2D eigenvalue weighted by molar-refractivity contribution is 5.82. The van der Waals surface area contributed by atoms with E-state index in [1.807, 2.05) is 0 Å². The van der Waals surface area contributed by atoms with Gasteiger partial charge >= 0.3 is 5.97 Å². The van der Waals surface area contributed by atoms with Crippen LogP contribution in [0.1, 0.15) is 13.8 Å². The molecule has 6 heteroatoms. The van der Waals surface area contributed by atoms with Gasteiger partial charge in [-0.3, -0.25) is 0 Å². The molecule has 0 saturated heterocycles. The van der Waals surface area contributed by atoms with E-state index in [0.29, 0.717) is 29.5 Å². The molecule has 1 aromatic carbocycles. The van der Waals surface area contributed by atoms with Crippen molar-refractivity contribution < 1.29 is 19.0 Å². The van der Waals surface area contributed by atoms with Crippen LogP contribution >= 0.6 is 0 Å². The lowest BCUT2D eigenvalue weighted by Gasteiger charge is -2.17. The number of nitrogens with two attached hydrogens (primary N) is 1. The molecule has 0 saturated carbocycles. The van der Waals surface area contributed by atoms with E-state index in [1.165, 1.54) is 14.2 Å². The summed E-state index contributed by atoms with van der Waals surface area (Å²) in [6, 6.07) is 2.82. The minimum atomic E-state index is -0.500. The van der Waals surface area contributed by atoms with E-state index in [2.05, 4.69) is 5.32 Å². The highest BCUT2D eigenvalue weighted by Crippen LogP contribution is 2.35. The van der Waals surface area contributed by atoms with Crippen molar-refractivity contribution >= 4 is 17.3 Å². The van der Waals surface area contributed by atoms with E-state index >= 15 is 0 Å². The molecule has 0 aliphatic carbocycles. The summed E-state index contributed by atoms with van der Waals surface area (Å²) < 4.78 is 15.2. The molecule has 6 nitrogen and oxygen atoms in total. The van der Waals surface area contributed by atoms with Crippen LogP contribution in [-0.4, -0.2) is 32.8 Å². The maximum Gasteiger partial charge on any atom is 0.328 e. The van der Waals surface area contributed by atoms with Crippen LogP contribution in [0.4, 0.5) is 11.4 Å². The van der Waals surface area contributed by atoms with Crippen LogP contribution in [-0.2, 0) is 9.53 Å². The van der Waals surface area contributed by atoms with Gasteiger partial charge in [-0.2, -0.15) is 0 Å². The standard InChI is InChI=1S/C13H20N2O4/c1-5-19-13(16)8(2)15-10-7-12(18-4)11(17-3)6-9(10)14/h6-8,15H,5,14H2,1-4H3. The molecule has 0 aromatic heterocycles. The second kappa shape index (κ2) is 6.72. The highest BCUT2D eigenvalue weighted by Gasteiger charge is 2.16. The average molecular weight is 268 g/mol. The van der Waals surface area contributed by atoms with Gasteiger partial charge in [-0.25, -0.2) is 4.79 Å². The Labute approximate surface area is 112 Å². The van der Waals surface area contributed by atoms with Gasteiger partial charge in [-0.15, -0.1) is 0 Å². The molecule has 3 N–H and O–H groups in total. The van der Waals surface area contributed by atoms with Crippen molar-refractivity contribution in [2.75, 3.05) is 31.9 Å². The summed E-state index contributed by atoms with van der Waals surface area (Å²) >= 11 is 0. The summed E-state index contributed by atoms with van der Waals surface area (Å²) in [4.78, 5) is 11.6. The van der Waals surface area contributed by atoms with Crippen LogP contribution in [0, 0.1) is 0 Å². The van der Waals surface area contributed by atoms with Gasteiger partial charge in [0.15, 0.2) is 11.5 Å². The van der Waals surface area contributed by atoms with Crippen LogP contribution in [0.5, 0.6) is 11.5 Å². The third kappa shape index (κ3) is 3.67. The molecule has 1 unspecified atom stereocenters. The number of nitrogens with one attached hydrogen (secondary N) is 1. The molecule has 0 aliphatic heterocycles. The van der Waals surface area contributed by atoms with Crippen molar-refractivity contribution in [1.82, 2.24) is 0 Å². The van der Waals surface area contributed by atoms with Crippen LogP contribution in [0.3, 0.4) is 0 Å². The first-order valence-electron chi connectivity index (χ1n) is 5.98. The van der Waals surface area contributed by atoms with Crippen molar-refractivity contribution in [3.8, 4) is 11.5 Å². The molecule has 0 amide bonds. The van der Waals surface area contributed by atoms with Gasteiger partial charge in [-0.1, -0.05) is 0 Å². The number of hydrogen-bond donors (Lipinski definition) is 2. The number of benzene rings is 1. The number of anilines is 2. The quantitative estimate of drug-likeness (QED) is 0.603. The molecular weight excluding hydrogens is 248 g/mol. The average Bonchev–Trinajstić information content (AvgIpc) is 2.40. The van der Waals surface area contributed by atoms with E-state index in [9.17, 15) is 4.79 Å². The first-order valence-corrected chi connectivity index (χ1v) is 5.98. The van der Waals surface area contributed by atoms with Gasteiger partial charge in [0, 0.05) is 12.1 Å². The van der Waals surface area contributed by atoms with Gasteiger partial charge in [0.1, 0.15) is 6.04 Å². The van der Waals surface area contributed by atoms with Crippen molar-refractivity contribution in [1.29, 1.82) is 0 Å². The van der Waals surface area contributed by atoms with Crippen molar-refractivity contribution in [2.45, 2.75) is 19.9 Å². The number of nitrogen functional groups attached to an aromatic ring is 1. The summed E-state index contributed by atoms with van der Waals surface area (Å²) in [6.07, 6.45) is 0. The van der Waals surface area contributed by atoms with Gasteiger partial charge < -0.3 is 25.3 Å². The Morgan fingerprint density at radius 1 is 1.32 bits per heavy atom. The normalized spacial score (nSPS) is 11.6. The Kier molecular flexibility index (Phi) is 5.29. The summed E-state index contributed by atoms with van der Waals surface area (Å²) in [5.74, 6) is 0.737. The monoisotopic (exact) mass is 268 g/mol. The molecule has 106 valence electrons. The summed E-state index contributed by atoms with van der Waals surface area (Å²) in [5, 5.41) is 2.99. The van der Waals surface area contributed by atoms with Crippen molar-refractivity contribution in [3.05, 3.63) is 12.1 Å². The number of methoxy groups -OCH3 is 2. The maximum atomic E-state index is 11.6. The highest BCUT2D eigenvalue weighted by atomic mass is 16.5. The Balaban J connectivity index is 2.92. The molecule has 1 rings (SSSR count). The molecule has 1 aromatic rings. The number of carbonyl (C=O) groups is 1. The molecule has 0 aliphatic rings. The molecule has 0 bridgehead atoms. The lowest BCUT2D eigenvalue weighted by atomic mass is 10.2. The second-order valence-corrected chi connectivity index (χ2v) is 3.91. The van der Waals surface area contributed by atoms with Crippen LogP contribution < -0.4 is 20.5 Å². The van der Waals surface area contributed by atoms with Crippen LogP contribution in [0.2, 0.25) is 0 Å². The summed E-state index contributed by atoms with van der Waals surface area (Å²) in [6.45, 7) is 3.80. The Hall–Kier alpha value is -2.11. The number of esters is 1. The number of ether oxygens (including phenoxy) is 3. The SMILES string of the molecule is CCOC(=O)C(C)Nc1cc(OC)c(OC)cc1N. The van der Waals surface area contributed by atoms with Gasteiger partial charge in [-0.05, 0) is 13.8 Å². The van der Waals surface area contributed by atoms with E-state index in [-0.39, 0.29) is 5.97 Å².